The fourth-order valence-corrected chi connectivity index (χ4v) is 1.69. The van der Waals surface area contributed by atoms with Crippen LogP contribution >= 0.6 is 7.60 Å². The molecule has 87 valence electrons. The highest BCUT2D eigenvalue weighted by atomic mass is 31.2. The Hall–Kier alpha value is -1.00. The summed E-state index contributed by atoms with van der Waals surface area (Å²) in [6.45, 7) is 0. The van der Waals surface area contributed by atoms with Crippen LogP contribution in [-0.4, -0.2) is 28.4 Å². The van der Waals surface area contributed by atoms with E-state index in [1.807, 2.05) is 30.3 Å². The third kappa shape index (κ3) is 5.19. The summed E-state index contributed by atoms with van der Waals surface area (Å²) in [7, 11) is -4.13. The minimum absolute atomic E-state index is 0.365. The zero-order valence-electron chi connectivity index (χ0n) is 8.54. The van der Waals surface area contributed by atoms with Crippen LogP contribution in [0.25, 0.3) is 0 Å². The van der Waals surface area contributed by atoms with E-state index in [-0.39, 0.29) is 0 Å². The van der Waals surface area contributed by atoms with Crippen LogP contribution in [-0.2, 0) is 15.8 Å². The zero-order chi connectivity index (χ0) is 12.0. The van der Waals surface area contributed by atoms with E-state index >= 15 is 0 Å². The lowest BCUT2D eigenvalue weighted by Crippen LogP contribution is -2.33. The molecule has 1 radical (unpaired) electrons. The minimum atomic E-state index is -4.13. The molecule has 0 saturated carbocycles. The van der Waals surface area contributed by atoms with E-state index in [1.165, 1.54) is 0 Å². The summed E-state index contributed by atoms with van der Waals surface area (Å²) < 4.78 is 10.6. The first-order chi connectivity index (χ1) is 7.51. The van der Waals surface area contributed by atoms with Crippen LogP contribution < -0.4 is 5.32 Å². The van der Waals surface area contributed by atoms with Crippen molar-refractivity contribution in [2.24, 2.45) is 0 Å². The zero-order valence-corrected chi connectivity index (χ0v) is 9.43. The molecule has 0 heterocycles. The maximum Gasteiger partial charge on any atom is 0.339 e. The summed E-state index contributed by atoms with van der Waals surface area (Å²) in [5, 5.41) is 2.47. The van der Waals surface area contributed by atoms with E-state index in [4.69, 9.17) is 9.79 Å². The summed E-state index contributed by atoms with van der Waals surface area (Å²) in [4.78, 5) is 27.9. The van der Waals surface area contributed by atoms with Crippen LogP contribution in [0.4, 0.5) is 0 Å². The molecular weight excluding hydrogens is 229 g/mol. The fourth-order valence-electron chi connectivity index (χ4n) is 1.23. The van der Waals surface area contributed by atoms with Gasteiger partial charge in [-0.2, -0.15) is 0 Å². The first-order valence-electron chi connectivity index (χ1n) is 4.71. The Kier molecular flexibility index (Phi) is 4.83. The maximum atomic E-state index is 10.6. The van der Waals surface area contributed by atoms with Crippen molar-refractivity contribution in [2.75, 3.05) is 6.29 Å². The minimum Gasteiger partial charge on any atom is -0.324 e. The molecule has 0 saturated heterocycles. The third-order valence-corrected chi connectivity index (χ3v) is 2.56. The normalized spacial score (nSPS) is 13.4. The molecule has 6 heteroatoms. The molecule has 0 aliphatic heterocycles. The van der Waals surface area contributed by atoms with Crippen molar-refractivity contribution in [3.05, 3.63) is 35.9 Å². The SMILES string of the molecule is O=[C]C(Cc1ccccc1)NCP(=O)(O)O. The van der Waals surface area contributed by atoms with Crippen molar-refractivity contribution < 1.29 is 19.1 Å². The van der Waals surface area contributed by atoms with Gasteiger partial charge in [-0.25, -0.2) is 0 Å². The Morgan fingerprint density at radius 3 is 2.44 bits per heavy atom. The molecule has 1 atom stereocenters. The monoisotopic (exact) mass is 242 g/mol. The average molecular weight is 242 g/mol. The van der Waals surface area contributed by atoms with E-state index in [0.29, 0.717) is 6.42 Å². The maximum absolute atomic E-state index is 10.6. The molecule has 3 N–H and O–H groups in total. The number of carbonyl (C=O) groups excluding carboxylic acids is 1. The van der Waals surface area contributed by atoms with Crippen LogP contribution in [0.15, 0.2) is 30.3 Å². The second kappa shape index (κ2) is 5.92. The molecule has 1 rings (SSSR count). The van der Waals surface area contributed by atoms with Gasteiger partial charge in [-0.05, 0) is 12.0 Å². The van der Waals surface area contributed by atoms with Crippen molar-refractivity contribution in [1.29, 1.82) is 0 Å². The molecule has 0 aliphatic carbocycles. The van der Waals surface area contributed by atoms with Crippen LogP contribution in [0.3, 0.4) is 0 Å². The summed E-state index contributed by atoms with van der Waals surface area (Å²) in [5.74, 6) is 0. The van der Waals surface area contributed by atoms with Gasteiger partial charge in [0.2, 0.25) is 6.29 Å². The number of hydrogen-bond donors (Lipinski definition) is 3. The fraction of sp³-hybridized carbons (Fsp3) is 0.300. The van der Waals surface area contributed by atoms with Crippen molar-refractivity contribution in [3.8, 4) is 0 Å². The topological polar surface area (TPSA) is 86.6 Å². The molecule has 0 fully saturated rings. The predicted octanol–water partition coefficient (Wildman–Crippen LogP) is 0.432. The standard InChI is InChI=1S/C10H13NO4P/c12-7-10(11-8-16(13,14)15)6-9-4-2-1-3-5-9/h1-5,10-11H,6,8H2,(H2,13,14,15). The molecule has 1 unspecified atom stereocenters. The van der Waals surface area contributed by atoms with E-state index in [9.17, 15) is 9.36 Å². The van der Waals surface area contributed by atoms with Crippen LogP contribution in [0, 0.1) is 0 Å². The van der Waals surface area contributed by atoms with Crippen LogP contribution in [0.5, 0.6) is 0 Å². The van der Waals surface area contributed by atoms with Gasteiger partial charge in [-0.15, -0.1) is 0 Å². The summed E-state index contributed by atoms with van der Waals surface area (Å²) in [5.41, 5.74) is 0.911. The predicted molar refractivity (Wildman–Crippen MR) is 59.7 cm³/mol. The molecule has 0 bridgehead atoms. The van der Waals surface area contributed by atoms with Gasteiger partial charge in [0.25, 0.3) is 0 Å². The van der Waals surface area contributed by atoms with Crippen LogP contribution in [0.2, 0.25) is 0 Å². The van der Waals surface area contributed by atoms with Gasteiger partial charge in [0.15, 0.2) is 0 Å². The Bertz CT molecular complexity index is 376. The number of rotatable bonds is 6. The van der Waals surface area contributed by atoms with Crippen molar-refractivity contribution in [1.82, 2.24) is 5.32 Å². The summed E-state index contributed by atoms with van der Waals surface area (Å²) in [6.07, 6.45) is 1.57. The van der Waals surface area contributed by atoms with Gasteiger partial charge >= 0.3 is 7.60 Å². The lowest BCUT2D eigenvalue weighted by atomic mass is 10.1. The van der Waals surface area contributed by atoms with Gasteiger partial charge in [0, 0.05) is 0 Å². The van der Waals surface area contributed by atoms with Crippen molar-refractivity contribution in [3.63, 3.8) is 0 Å². The lowest BCUT2D eigenvalue weighted by molar-refractivity contribution is 0.366. The first kappa shape index (κ1) is 13.1. The largest absolute Gasteiger partial charge is 0.339 e. The summed E-state index contributed by atoms with van der Waals surface area (Å²) in [6, 6.07) is 8.49. The number of nitrogens with one attached hydrogen (secondary N) is 1. The number of hydrogen-bond acceptors (Lipinski definition) is 3. The molecule has 5 nitrogen and oxygen atoms in total. The molecular formula is C10H13NO4P. The second-order valence-electron chi connectivity index (χ2n) is 3.39. The highest BCUT2D eigenvalue weighted by molar-refractivity contribution is 7.51. The molecule has 0 amide bonds. The van der Waals surface area contributed by atoms with Gasteiger partial charge in [0.05, 0.1) is 12.3 Å². The van der Waals surface area contributed by atoms with Crippen molar-refractivity contribution >= 4 is 13.9 Å². The summed E-state index contributed by atoms with van der Waals surface area (Å²) >= 11 is 0. The molecule has 16 heavy (non-hydrogen) atoms. The molecule has 1 aromatic carbocycles. The highest BCUT2D eigenvalue weighted by Crippen LogP contribution is 2.32. The third-order valence-electron chi connectivity index (χ3n) is 1.97. The molecule has 0 aromatic heterocycles. The first-order valence-corrected chi connectivity index (χ1v) is 6.50. The van der Waals surface area contributed by atoms with Gasteiger partial charge in [0.1, 0.15) is 0 Å². The highest BCUT2D eigenvalue weighted by Gasteiger charge is 2.16. The average Bonchev–Trinajstić information content (AvgIpc) is 2.24. The van der Waals surface area contributed by atoms with Gasteiger partial charge < -0.3 is 9.79 Å². The van der Waals surface area contributed by atoms with E-state index in [1.54, 1.807) is 6.29 Å². The smallest absolute Gasteiger partial charge is 0.324 e. The van der Waals surface area contributed by atoms with E-state index in [2.05, 4.69) is 5.32 Å². The number of benzene rings is 1. The molecule has 1 aromatic rings. The second-order valence-corrected chi connectivity index (χ2v) is 5.03. The Morgan fingerprint density at radius 2 is 1.94 bits per heavy atom. The van der Waals surface area contributed by atoms with E-state index in [0.717, 1.165) is 5.56 Å². The van der Waals surface area contributed by atoms with E-state index < -0.39 is 19.9 Å². The van der Waals surface area contributed by atoms with Gasteiger partial charge in [-0.1, -0.05) is 30.3 Å². The Balaban J connectivity index is 2.50. The van der Waals surface area contributed by atoms with Crippen LogP contribution in [0.1, 0.15) is 5.56 Å². The Morgan fingerprint density at radius 1 is 1.31 bits per heavy atom. The lowest BCUT2D eigenvalue weighted by Gasteiger charge is -2.12. The Labute approximate surface area is 93.7 Å². The molecule has 0 spiro atoms. The molecule has 0 aliphatic rings. The van der Waals surface area contributed by atoms with Gasteiger partial charge in [-0.3, -0.25) is 14.7 Å². The van der Waals surface area contributed by atoms with Crippen molar-refractivity contribution in [2.45, 2.75) is 12.5 Å². The quantitative estimate of drug-likeness (QED) is 0.630.